The standard InChI is InChI=1S/C23H27N3O4/c1-15(2)16-8-5-6-9-18(16)25-22(27)10-7-11-26-14-24-19-13-21(30-4)20(29-3)12-17(19)23(26)28/h5-6,8-9,12-15H,7,10-11H2,1-4H3,(H,25,27). The molecule has 0 radical (unpaired) electrons. The van der Waals surface area contributed by atoms with Gasteiger partial charge in [-0.2, -0.15) is 0 Å². The van der Waals surface area contributed by atoms with Gasteiger partial charge in [-0.3, -0.25) is 14.2 Å². The van der Waals surface area contributed by atoms with Crippen LogP contribution in [0.25, 0.3) is 10.9 Å². The predicted octanol–water partition coefficient (Wildman–Crippen LogP) is 3.96. The molecule has 7 heteroatoms. The molecule has 30 heavy (non-hydrogen) atoms. The Morgan fingerprint density at radius 2 is 1.83 bits per heavy atom. The number of fused-ring (bicyclic) bond motifs is 1. The van der Waals surface area contributed by atoms with Gasteiger partial charge in [0.25, 0.3) is 5.56 Å². The van der Waals surface area contributed by atoms with Crippen molar-refractivity contribution in [2.45, 2.75) is 39.2 Å². The number of hydrogen-bond acceptors (Lipinski definition) is 5. The third-order valence-corrected chi connectivity index (χ3v) is 4.99. The van der Waals surface area contributed by atoms with Gasteiger partial charge >= 0.3 is 0 Å². The molecular formula is C23H27N3O4. The van der Waals surface area contributed by atoms with Crippen molar-refractivity contribution in [2.75, 3.05) is 19.5 Å². The fraction of sp³-hybridized carbons (Fsp3) is 0.348. The van der Waals surface area contributed by atoms with Crippen LogP contribution in [0.15, 0.2) is 47.5 Å². The van der Waals surface area contributed by atoms with Gasteiger partial charge in [0.05, 0.1) is 31.4 Å². The van der Waals surface area contributed by atoms with Gasteiger partial charge < -0.3 is 14.8 Å². The Hall–Kier alpha value is -3.35. The maximum atomic E-state index is 12.8. The number of carbonyl (C=O) groups is 1. The van der Waals surface area contributed by atoms with Crippen LogP contribution in [0.2, 0.25) is 0 Å². The van der Waals surface area contributed by atoms with Crippen molar-refractivity contribution in [1.29, 1.82) is 0 Å². The van der Waals surface area contributed by atoms with Crippen LogP contribution in [0.1, 0.15) is 38.2 Å². The highest BCUT2D eigenvalue weighted by Gasteiger charge is 2.12. The normalized spacial score (nSPS) is 11.0. The fourth-order valence-corrected chi connectivity index (χ4v) is 3.38. The number of nitrogens with zero attached hydrogens (tertiary/aromatic N) is 2. The maximum absolute atomic E-state index is 12.8. The summed E-state index contributed by atoms with van der Waals surface area (Å²) in [6, 6.07) is 11.1. The number of anilines is 1. The van der Waals surface area contributed by atoms with Crippen molar-refractivity contribution in [2.24, 2.45) is 0 Å². The smallest absolute Gasteiger partial charge is 0.261 e. The molecule has 1 heterocycles. The average Bonchev–Trinajstić information content (AvgIpc) is 2.74. The molecule has 0 unspecified atom stereocenters. The van der Waals surface area contributed by atoms with E-state index in [0.29, 0.717) is 47.7 Å². The zero-order valence-electron chi connectivity index (χ0n) is 17.8. The lowest BCUT2D eigenvalue weighted by molar-refractivity contribution is -0.116. The Morgan fingerprint density at radius 1 is 1.13 bits per heavy atom. The minimum atomic E-state index is -0.175. The Bertz CT molecular complexity index is 1110. The van der Waals surface area contributed by atoms with E-state index in [9.17, 15) is 9.59 Å². The van der Waals surface area contributed by atoms with Crippen LogP contribution in [0, 0.1) is 0 Å². The van der Waals surface area contributed by atoms with Crippen LogP contribution in [-0.2, 0) is 11.3 Å². The third-order valence-electron chi connectivity index (χ3n) is 4.99. The molecule has 7 nitrogen and oxygen atoms in total. The molecule has 0 spiro atoms. The second-order valence-corrected chi connectivity index (χ2v) is 7.36. The summed E-state index contributed by atoms with van der Waals surface area (Å²) in [5.74, 6) is 1.24. The Labute approximate surface area is 175 Å². The molecule has 0 aliphatic heterocycles. The number of carbonyl (C=O) groups excluding carboxylic acids is 1. The highest BCUT2D eigenvalue weighted by Crippen LogP contribution is 2.29. The number of hydrogen-bond donors (Lipinski definition) is 1. The van der Waals surface area contributed by atoms with Crippen LogP contribution in [0.5, 0.6) is 11.5 Å². The van der Waals surface area contributed by atoms with E-state index in [2.05, 4.69) is 24.1 Å². The molecule has 3 aromatic rings. The first-order chi connectivity index (χ1) is 14.4. The molecule has 1 aromatic heterocycles. The summed E-state index contributed by atoms with van der Waals surface area (Å²) < 4.78 is 12.1. The molecule has 2 aromatic carbocycles. The summed E-state index contributed by atoms with van der Waals surface area (Å²) in [7, 11) is 3.06. The van der Waals surface area contributed by atoms with E-state index in [1.165, 1.54) is 25.1 Å². The first-order valence-corrected chi connectivity index (χ1v) is 9.94. The molecule has 0 fully saturated rings. The van der Waals surface area contributed by atoms with E-state index in [-0.39, 0.29) is 11.5 Å². The second-order valence-electron chi connectivity index (χ2n) is 7.36. The molecule has 0 aliphatic rings. The zero-order valence-corrected chi connectivity index (χ0v) is 17.8. The Morgan fingerprint density at radius 3 is 2.53 bits per heavy atom. The first-order valence-electron chi connectivity index (χ1n) is 9.94. The van der Waals surface area contributed by atoms with Crippen molar-refractivity contribution >= 4 is 22.5 Å². The lowest BCUT2D eigenvalue weighted by Crippen LogP contribution is -2.22. The number of ether oxygens (including phenoxy) is 2. The molecule has 1 N–H and O–H groups in total. The van der Waals surface area contributed by atoms with Crippen LogP contribution >= 0.6 is 0 Å². The Balaban J connectivity index is 1.68. The zero-order chi connectivity index (χ0) is 21.7. The largest absolute Gasteiger partial charge is 0.493 e. The quantitative estimate of drug-likeness (QED) is 0.609. The molecule has 1 amide bonds. The summed E-state index contributed by atoms with van der Waals surface area (Å²) in [5, 5.41) is 3.43. The summed E-state index contributed by atoms with van der Waals surface area (Å²) in [6.45, 7) is 4.58. The Kier molecular flexibility index (Phi) is 6.72. The number of aryl methyl sites for hydroxylation is 1. The topological polar surface area (TPSA) is 82.5 Å². The van der Waals surface area contributed by atoms with Crippen LogP contribution in [-0.4, -0.2) is 29.7 Å². The second kappa shape index (κ2) is 9.43. The van der Waals surface area contributed by atoms with Crippen molar-refractivity contribution in [3.8, 4) is 11.5 Å². The number of para-hydroxylation sites is 1. The van der Waals surface area contributed by atoms with Gasteiger partial charge in [0.2, 0.25) is 5.91 Å². The number of benzene rings is 2. The lowest BCUT2D eigenvalue weighted by Gasteiger charge is -2.14. The molecule has 0 bridgehead atoms. The molecule has 0 aliphatic carbocycles. The maximum Gasteiger partial charge on any atom is 0.261 e. The molecule has 3 rings (SSSR count). The van der Waals surface area contributed by atoms with Crippen LogP contribution < -0.4 is 20.3 Å². The minimum Gasteiger partial charge on any atom is -0.493 e. The highest BCUT2D eigenvalue weighted by atomic mass is 16.5. The number of amides is 1. The van der Waals surface area contributed by atoms with Gasteiger partial charge in [0.15, 0.2) is 11.5 Å². The minimum absolute atomic E-state index is 0.0729. The number of aromatic nitrogens is 2. The molecule has 0 atom stereocenters. The third kappa shape index (κ3) is 4.62. The van der Waals surface area contributed by atoms with Crippen LogP contribution in [0.3, 0.4) is 0 Å². The predicted molar refractivity (Wildman–Crippen MR) is 118 cm³/mol. The van der Waals surface area contributed by atoms with E-state index < -0.39 is 0 Å². The SMILES string of the molecule is COc1cc2ncn(CCCC(=O)Nc3ccccc3C(C)C)c(=O)c2cc1OC. The molecular weight excluding hydrogens is 382 g/mol. The molecule has 0 saturated heterocycles. The van der Waals surface area contributed by atoms with E-state index in [1.54, 1.807) is 12.1 Å². The summed E-state index contributed by atoms with van der Waals surface area (Å²) in [5.41, 5.74) is 2.30. The first kappa shape index (κ1) is 21.4. The van der Waals surface area contributed by atoms with Gasteiger partial charge in [-0.1, -0.05) is 32.0 Å². The van der Waals surface area contributed by atoms with Crippen molar-refractivity contribution in [1.82, 2.24) is 9.55 Å². The van der Waals surface area contributed by atoms with E-state index >= 15 is 0 Å². The summed E-state index contributed by atoms with van der Waals surface area (Å²) in [6.07, 6.45) is 2.33. The summed E-state index contributed by atoms with van der Waals surface area (Å²) >= 11 is 0. The van der Waals surface area contributed by atoms with Gasteiger partial charge in [0, 0.05) is 24.7 Å². The van der Waals surface area contributed by atoms with Crippen molar-refractivity contribution in [3.63, 3.8) is 0 Å². The number of nitrogens with one attached hydrogen (secondary N) is 1. The number of methoxy groups -OCH3 is 2. The summed E-state index contributed by atoms with van der Waals surface area (Å²) in [4.78, 5) is 29.5. The monoisotopic (exact) mass is 409 g/mol. The van der Waals surface area contributed by atoms with Gasteiger partial charge in [-0.05, 0) is 30.0 Å². The fourth-order valence-electron chi connectivity index (χ4n) is 3.38. The van der Waals surface area contributed by atoms with E-state index in [1.807, 2.05) is 24.3 Å². The van der Waals surface area contributed by atoms with E-state index in [0.717, 1.165) is 11.3 Å². The van der Waals surface area contributed by atoms with Crippen LogP contribution in [0.4, 0.5) is 5.69 Å². The van der Waals surface area contributed by atoms with Gasteiger partial charge in [-0.15, -0.1) is 0 Å². The van der Waals surface area contributed by atoms with Gasteiger partial charge in [-0.25, -0.2) is 4.98 Å². The molecule has 158 valence electrons. The average molecular weight is 409 g/mol. The van der Waals surface area contributed by atoms with Crippen molar-refractivity contribution in [3.05, 3.63) is 58.6 Å². The molecule has 0 saturated carbocycles. The van der Waals surface area contributed by atoms with Crippen molar-refractivity contribution < 1.29 is 14.3 Å². The number of rotatable bonds is 8. The van der Waals surface area contributed by atoms with E-state index in [4.69, 9.17) is 9.47 Å². The highest BCUT2D eigenvalue weighted by molar-refractivity contribution is 5.91. The lowest BCUT2D eigenvalue weighted by atomic mass is 10.0. The van der Waals surface area contributed by atoms with Gasteiger partial charge in [0.1, 0.15) is 0 Å².